The molecule has 10 nitrogen and oxygen atoms in total. The van der Waals surface area contributed by atoms with Crippen LogP contribution in [0.5, 0.6) is 0 Å². The van der Waals surface area contributed by atoms with Crippen LogP contribution in [0.15, 0.2) is 27.9 Å². The smallest absolute Gasteiger partial charge is 0.352 e. The lowest BCUT2D eigenvalue weighted by molar-refractivity contribution is -0.148. The Hall–Kier alpha value is -2.38. The Morgan fingerprint density at radius 3 is 2.83 bits per heavy atom. The number of thioether (sulfide) groups is 2. The van der Waals surface area contributed by atoms with E-state index in [2.05, 4.69) is 20.6 Å². The SMILES string of the molecule is Cc1nnc(SCC2=C(C(=O)O)N3C(=O)[C@H](NC(=O)c4ccn(C)n4)[C@@H]3SC2)s1. The molecule has 1 saturated heterocycles. The number of carboxylic acid groups (broad SMARTS) is 1. The number of rotatable bonds is 6. The van der Waals surface area contributed by atoms with Gasteiger partial charge < -0.3 is 10.4 Å². The fourth-order valence-corrected chi connectivity index (χ4v) is 6.33. The quantitative estimate of drug-likeness (QED) is 0.481. The number of amides is 2. The van der Waals surface area contributed by atoms with Crippen molar-refractivity contribution in [2.24, 2.45) is 7.05 Å². The van der Waals surface area contributed by atoms with E-state index in [9.17, 15) is 19.5 Å². The predicted molar refractivity (Wildman–Crippen MR) is 108 cm³/mol. The van der Waals surface area contributed by atoms with E-state index < -0.39 is 29.2 Å². The molecule has 4 heterocycles. The van der Waals surface area contributed by atoms with Crippen molar-refractivity contribution in [3.63, 3.8) is 0 Å². The van der Waals surface area contributed by atoms with Gasteiger partial charge in [0.05, 0.1) is 0 Å². The summed E-state index contributed by atoms with van der Waals surface area (Å²) in [5, 5.41) is 24.8. The number of aromatic nitrogens is 4. The Morgan fingerprint density at radius 1 is 1.41 bits per heavy atom. The number of nitrogens with zero attached hydrogens (tertiary/aromatic N) is 5. The van der Waals surface area contributed by atoms with E-state index in [4.69, 9.17) is 0 Å². The normalized spacial score (nSPS) is 21.0. The standard InChI is InChI=1S/C16H16N6O4S3/c1-7-18-19-16(29-7)28-6-8-5-27-14-10(13(24)22(14)11(8)15(25)26)17-12(23)9-3-4-21(2)20-9/h3-4,10,14H,5-6H2,1-2H3,(H,17,23)(H,25,26)/t10-,14-/m0/s1. The molecule has 0 aliphatic carbocycles. The lowest BCUT2D eigenvalue weighted by atomic mass is 10.0. The summed E-state index contributed by atoms with van der Waals surface area (Å²) < 4.78 is 2.25. The molecule has 2 N–H and O–H groups in total. The molecule has 0 aromatic carbocycles. The van der Waals surface area contributed by atoms with Crippen molar-refractivity contribution >= 4 is 52.6 Å². The lowest BCUT2D eigenvalue weighted by Gasteiger charge is -2.49. The molecule has 2 atom stereocenters. The van der Waals surface area contributed by atoms with Crippen molar-refractivity contribution in [2.45, 2.75) is 22.7 Å². The summed E-state index contributed by atoms with van der Waals surface area (Å²) in [6.07, 6.45) is 1.63. The Labute approximate surface area is 177 Å². The molecule has 0 saturated carbocycles. The van der Waals surface area contributed by atoms with Crippen molar-refractivity contribution in [3.8, 4) is 0 Å². The van der Waals surface area contributed by atoms with Crippen LogP contribution in [0.2, 0.25) is 0 Å². The number of aryl methyl sites for hydroxylation is 2. The van der Waals surface area contributed by atoms with E-state index in [0.717, 1.165) is 9.35 Å². The molecule has 0 spiro atoms. The summed E-state index contributed by atoms with van der Waals surface area (Å²) in [6.45, 7) is 1.85. The van der Waals surface area contributed by atoms with Crippen LogP contribution < -0.4 is 5.32 Å². The highest BCUT2D eigenvalue weighted by atomic mass is 32.2. The van der Waals surface area contributed by atoms with Gasteiger partial charge in [-0.15, -0.1) is 22.0 Å². The molecule has 0 unspecified atom stereocenters. The van der Waals surface area contributed by atoms with E-state index in [1.54, 1.807) is 19.3 Å². The topological polar surface area (TPSA) is 130 Å². The number of fused-ring (bicyclic) bond motifs is 1. The van der Waals surface area contributed by atoms with Gasteiger partial charge in [0.15, 0.2) is 4.34 Å². The number of hydrogen-bond acceptors (Lipinski definition) is 9. The zero-order chi connectivity index (χ0) is 20.7. The van der Waals surface area contributed by atoms with E-state index >= 15 is 0 Å². The molecule has 2 aliphatic heterocycles. The van der Waals surface area contributed by atoms with Crippen LogP contribution in [0.1, 0.15) is 15.5 Å². The molecule has 4 rings (SSSR count). The van der Waals surface area contributed by atoms with Gasteiger partial charge in [0.2, 0.25) is 0 Å². The van der Waals surface area contributed by atoms with Crippen LogP contribution in [-0.2, 0) is 16.6 Å². The average molecular weight is 453 g/mol. The molecule has 2 aliphatic rings. The van der Waals surface area contributed by atoms with Crippen LogP contribution in [0.4, 0.5) is 0 Å². The first kappa shape index (κ1) is 19.9. The zero-order valence-electron chi connectivity index (χ0n) is 15.4. The number of β-lactam (4-membered cyclic amide) rings is 1. The van der Waals surface area contributed by atoms with Crippen molar-refractivity contribution < 1.29 is 19.5 Å². The second-order valence-corrected chi connectivity index (χ2v) is 9.88. The minimum atomic E-state index is -1.15. The molecule has 2 aromatic rings. The fourth-order valence-electron chi connectivity index (χ4n) is 3.03. The summed E-state index contributed by atoms with van der Waals surface area (Å²) in [4.78, 5) is 38.1. The summed E-state index contributed by atoms with van der Waals surface area (Å²) in [5.41, 5.74) is 0.855. The molecule has 2 aromatic heterocycles. The number of carbonyl (C=O) groups excluding carboxylic acids is 2. The molecule has 1 fully saturated rings. The van der Waals surface area contributed by atoms with Crippen LogP contribution in [0.3, 0.4) is 0 Å². The van der Waals surface area contributed by atoms with E-state index in [0.29, 0.717) is 17.1 Å². The maximum absolute atomic E-state index is 12.7. The zero-order valence-corrected chi connectivity index (χ0v) is 17.8. The molecule has 2 amide bonds. The summed E-state index contributed by atoms with van der Waals surface area (Å²) in [5.74, 6) is -1.18. The summed E-state index contributed by atoms with van der Waals surface area (Å²) in [7, 11) is 1.69. The highest BCUT2D eigenvalue weighted by Crippen LogP contribution is 2.41. The monoisotopic (exact) mass is 452 g/mol. The van der Waals surface area contributed by atoms with Crippen LogP contribution in [0, 0.1) is 6.92 Å². The molecule has 13 heteroatoms. The van der Waals surface area contributed by atoms with Gasteiger partial charge >= 0.3 is 5.97 Å². The second-order valence-electron chi connectivity index (χ2n) is 6.37. The van der Waals surface area contributed by atoms with Gasteiger partial charge in [-0.05, 0) is 18.6 Å². The first-order chi connectivity index (χ1) is 13.8. The van der Waals surface area contributed by atoms with Crippen LogP contribution in [-0.4, -0.2) is 70.7 Å². The highest BCUT2D eigenvalue weighted by Gasteiger charge is 2.54. The third-order valence-electron chi connectivity index (χ3n) is 4.36. The third kappa shape index (κ3) is 3.76. The Balaban J connectivity index is 1.48. The molecular formula is C16H16N6O4S3. The number of aliphatic carboxylic acids is 1. The van der Waals surface area contributed by atoms with Crippen LogP contribution >= 0.6 is 34.9 Å². The van der Waals surface area contributed by atoms with Crippen molar-refractivity contribution in [3.05, 3.63) is 34.2 Å². The van der Waals surface area contributed by atoms with Gasteiger partial charge in [-0.2, -0.15) is 5.10 Å². The van der Waals surface area contributed by atoms with E-state index in [1.165, 1.54) is 44.4 Å². The van der Waals surface area contributed by atoms with Gasteiger partial charge in [-0.25, -0.2) is 4.79 Å². The summed E-state index contributed by atoms with van der Waals surface area (Å²) in [6, 6.07) is 0.779. The Morgan fingerprint density at radius 2 is 2.21 bits per heavy atom. The lowest BCUT2D eigenvalue weighted by Crippen LogP contribution is -2.70. The molecular weight excluding hydrogens is 436 g/mol. The maximum Gasteiger partial charge on any atom is 0.352 e. The number of nitrogens with one attached hydrogen (secondary N) is 1. The largest absolute Gasteiger partial charge is 0.477 e. The van der Waals surface area contributed by atoms with Crippen LogP contribution in [0.25, 0.3) is 0 Å². The van der Waals surface area contributed by atoms with Gasteiger partial charge in [0, 0.05) is 24.8 Å². The first-order valence-corrected chi connectivity index (χ1v) is 11.3. The van der Waals surface area contributed by atoms with Gasteiger partial charge in [-0.3, -0.25) is 19.2 Å². The third-order valence-corrected chi connectivity index (χ3v) is 7.76. The van der Waals surface area contributed by atoms with Crippen molar-refractivity contribution in [1.82, 2.24) is 30.2 Å². The molecule has 0 radical (unpaired) electrons. The number of hydrogen-bond donors (Lipinski definition) is 2. The molecule has 0 bridgehead atoms. The second kappa shape index (κ2) is 7.80. The highest BCUT2D eigenvalue weighted by molar-refractivity contribution is 8.01. The predicted octanol–water partition coefficient (Wildman–Crippen LogP) is 0.725. The van der Waals surface area contributed by atoms with E-state index in [-0.39, 0.29) is 11.4 Å². The van der Waals surface area contributed by atoms with Gasteiger partial charge in [0.1, 0.15) is 27.8 Å². The van der Waals surface area contributed by atoms with Gasteiger partial charge in [-0.1, -0.05) is 23.1 Å². The Kier molecular flexibility index (Phi) is 5.36. The first-order valence-electron chi connectivity index (χ1n) is 8.48. The number of carbonyl (C=O) groups is 3. The molecule has 152 valence electrons. The van der Waals surface area contributed by atoms with Gasteiger partial charge in [0.25, 0.3) is 11.8 Å². The van der Waals surface area contributed by atoms with Crippen molar-refractivity contribution in [2.75, 3.05) is 11.5 Å². The van der Waals surface area contributed by atoms with E-state index in [1.807, 2.05) is 6.92 Å². The maximum atomic E-state index is 12.7. The average Bonchev–Trinajstić information content (AvgIpc) is 3.31. The molecule has 29 heavy (non-hydrogen) atoms. The fraction of sp³-hybridized carbons (Fsp3) is 0.375. The Bertz CT molecular complexity index is 1030. The minimum absolute atomic E-state index is 0.00387. The summed E-state index contributed by atoms with van der Waals surface area (Å²) >= 11 is 4.27. The minimum Gasteiger partial charge on any atom is -0.477 e. The number of carboxylic acids is 1. The van der Waals surface area contributed by atoms with Crippen molar-refractivity contribution in [1.29, 1.82) is 0 Å².